The van der Waals surface area contributed by atoms with Gasteiger partial charge in [0.15, 0.2) is 0 Å². The number of ether oxygens (including phenoxy) is 2. The van der Waals surface area contributed by atoms with Crippen LogP contribution < -0.4 is 0 Å². The van der Waals surface area contributed by atoms with Crippen molar-refractivity contribution in [3.05, 3.63) is 35.9 Å². The molecular weight excluding hydrogens is 284 g/mol. The van der Waals surface area contributed by atoms with Crippen LogP contribution in [0, 0.1) is 5.92 Å². The lowest BCUT2D eigenvalue weighted by Crippen LogP contribution is -2.27. The molecule has 132 valence electrons. The molecule has 0 aliphatic rings. The summed E-state index contributed by atoms with van der Waals surface area (Å²) in [5, 5.41) is 0. The quantitative estimate of drug-likeness (QED) is 0.426. The lowest BCUT2D eigenvalue weighted by atomic mass is 9.88. The van der Waals surface area contributed by atoms with Gasteiger partial charge in [-0.2, -0.15) is 0 Å². The second kappa shape index (κ2) is 12.5. The topological polar surface area (TPSA) is 18.5 Å². The Balaban J connectivity index is 2.48. The van der Waals surface area contributed by atoms with E-state index in [0.29, 0.717) is 17.9 Å². The summed E-state index contributed by atoms with van der Waals surface area (Å²) >= 11 is 0. The number of unbranched alkanes of at least 4 members (excludes halogenated alkanes) is 3. The SMILES string of the molecule is CCCCCCC(OC)C(CCC(C)c1ccccc1)COC. The zero-order valence-electron chi connectivity index (χ0n) is 15.6. The van der Waals surface area contributed by atoms with E-state index in [0.717, 1.165) is 19.4 Å². The zero-order chi connectivity index (χ0) is 16.9. The van der Waals surface area contributed by atoms with Crippen LogP contribution in [-0.4, -0.2) is 26.9 Å². The van der Waals surface area contributed by atoms with E-state index >= 15 is 0 Å². The fourth-order valence-electron chi connectivity index (χ4n) is 3.32. The summed E-state index contributed by atoms with van der Waals surface area (Å²) in [6, 6.07) is 10.8. The molecule has 1 aromatic rings. The molecule has 0 aliphatic heterocycles. The zero-order valence-corrected chi connectivity index (χ0v) is 15.6. The molecule has 0 heterocycles. The summed E-state index contributed by atoms with van der Waals surface area (Å²) in [5.74, 6) is 1.09. The van der Waals surface area contributed by atoms with Crippen molar-refractivity contribution < 1.29 is 9.47 Å². The van der Waals surface area contributed by atoms with Gasteiger partial charge in [-0.25, -0.2) is 0 Å². The van der Waals surface area contributed by atoms with Gasteiger partial charge in [-0.05, 0) is 30.7 Å². The minimum Gasteiger partial charge on any atom is -0.384 e. The number of hydrogen-bond donors (Lipinski definition) is 0. The highest BCUT2D eigenvalue weighted by molar-refractivity contribution is 5.18. The molecule has 0 aliphatic carbocycles. The van der Waals surface area contributed by atoms with Gasteiger partial charge in [-0.3, -0.25) is 0 Å². The normalized spacial score (nSPS) is 15.3. The van der Waals surface area contributed by atoms with E-state index in [2.05, 4.69) is 44.2 Å². The molecule has 1 rings (SSSR count). The maximum Gasteiger partial charge on any atom is 0.0621 e. The molecule has 1 aromatic carbocycles. The first-order valence-electron chi connectivity index (χ1n) is 9.29. The van der Waals surface area contributed by atoms with Crippen LogP contribution in [0.4, 0.5) is 0 Å². The number of benzene rings is 1. The fourth-order valence-corrected chi connectivity index (χ4v) is 3.32. The van der Waals surface area contributed by atoms with E-state index in [1.54, 1.807) is 7.11 Å². The highest BCUT2D eigenvalue weighted by atomic mass is 16.5. The van der Waals surface area contributed by atoms with Gasteiger partial charge in [-0.15, -0.1) is 0 Å². The predicted molar refractivity (Wildman–Crippen MR) is 99.0 cm³/mol. The van der Waals surface area contributed by atoms with Crippen LogP contribution in [0.3, 0.4) is 0 Å². The third kappa shape index (κ3) is 7.99. The molecule has 2 nitrogen and oxygen atoms in total. The summed E-state index contributed by atoms with van der Waals surface area (Å²) in [4.78, 5) is 0. The third-order valence-electron chi connectivity index (χ3n) is 4.89. The van der Waals surface area contributed by atoms with Gasteiger partial charge in [0.25, 0.3) is 0 Å². The molecule has 3 atom stereocenters. The van der Waals surface area contributed by atoms with Gasteiger partial charge in [0.2, 0.25) is 0 Å². The Kier molecular flexibility index (Phi) is 11.0. The van der Waals surface area contributed by atoms with Crippen LogP contribution in [-0.2, 0) is 9.47 Å². The lowest BCUT2D eigenvalue weighted by molar-refractivity contribution is 0.00337. The van der Waals surface area contributed by atoms with Crippen molar-refractivity contribution in [1.82, 2.24) is 0 Å². The highest BCUT2D eigenvalue weighted by Crippen LogP contribution is 2.27. The Morgan fingerprint density at radius 3 is 2.26 bits per heavy atom. The van der Waals surface area contributed by atoms with E-state index in [1.807, 2.05) is 7.11 Å². The Labute approximate surface area is 143 Å². The van der Waals surface area contributed by atoms with Crippen molar-refractivity contribution >= 4 is 0 Å². The molecule has 0 N–H and O–H groups in total. The first-order chi connectivity index (χ1) is 11.2. The fraction of sp³-hybridized carbons (Fsp3) is 0.714. The van der Waals surface area contributed by atoms with Crippen molar-refractivity contribution in [2.45, 2.75) is 70.8 Å². The molecular formula is C21H36O2. The van der Waals surface area contributed by atoms with Crippen LogP contribution in [0.1, 0.15) is 70.3 Å². The maximum atomic E-state index is 5.80. The Bertz CT molecular complexity index is 377. The molecule has 0 saturated heterocycles. The molecule has 0 amide bonds. The summed E-state index contributed by atoms with van der Waals surface area (Å²) in [6.07, 6.45) is 9.03. The van der Waals surface area contributed by atoms with Crippen LogP contribution in [0.25, 0.3) is 0 Å². The van der Waals surface area contributed by atoms with Crippen LogP contribution in [0.5, 0.6) is 0 Å². The van der Waals surface area contributed by atoms with Gasteiger partial charge in [0, 0.05) is 20.1 Å². The Hall–Kier alpha value is -0.860. The van der Waals surface area contributed by atoms with Crippen LogP contribution in [0.15, 0.2) is 30.3 Å². The average Bonchev–Trinajstić information content (AvgIpc) is 2.59. The molecule has 0 saturated carbocycles. The van der Waals surface area contributed by atoms with Crippen LogP contribution >= 0.6 is 0 Å². The minimum atomic E-state index is 0.328. The molecule has 2 heteroatoms. The van der Waals surface area contributed by atoms with Crippen molar-refractivity contribution in [3.63, 3.8) is 0 Å². The van der Waals surface area contributed by atoms with E-state index in [-0.39, 0.29) is 0 Å². The molecule has 0 aromatic heterocycles. The average molecular weight is 321 g/mol. The first-order valence-corrected chi connectivity index (χ1v) is 9.29. The van der Waals surface area contributed by atoms with Crippen LogP contribution in [0.2, 0.25) is 0 Å². The molecule has 0 fully saturated rings. The summed E-state index contributed by atoms with van der Waals surface area (Å²) in [7, 11) is 3.66. The highest BCUT2D eigenvalue weighted by Gasteiger charge is 2.22. The number of rotatable bonds is 13. The smallest absolute Gasteiger partial charge is 0.0621 e. The number of methoxy groups -OCH3 is 2. The summed E-state index contributed by atoms with van der Waals surface area (Å²) < 4.78 is 11.3. The molecule has 0 spiro atoms. The Morgan fingerprint density at radius 2 is 1.65 bits per heavy atom. The van der Waals surface area contributed by atoms with E-state index < -0.39 is 0 Å². The summed E-state index contributed by atoms with van der Waals surface area (Å²) in [5.41, 5.74) is 1.43. The standard InChI is InChI=1S/C21H36O2/c1-5-6-7-11-14-21(23-4)20(17-22-3)16-15-18(2)19-12-9-8-10-13-19/h8-10,12-13,18,20-21H,5-7,11,14-17H2,1-4H3. The first kappa shape index (κ1) is 20.2. The van der Waals surface area contributed by atoms with Gasteiger partial charge in [0.1, 0.15) is 0 Å². The van der Waals surface area contributed by atoms with E-state index in [1.165, 1.54) is 37.7 Å². The molecule has 23 heavy (non-hydrogen) atoms. The minimum absolute atomic E-state index is 0.328. The van der Waals surface area contributed by atoms with Gasteiger partial charge >= 0.3 is 0 Å². The second-order valence-corrected chi connectivity index (χ2v) is 6.73. The lowest BCUT2D eigenvalue weighted by Gasteiger charge is -2.27. The largest absolute Gasteiger partial charge is 0.384 e. The monoisotopic (exact) mass is 320 g/mol. The predicted octanol–water partition coefficient (Wildman–Crippen LogP) is 5.82. The van der Waals surface area contributed by atoms with Crippen molar-refractivity contribution in [1.29, 1.82) is 0 Å². The maximum absolute atomic E-state index is 5.80. The van der Waals surface area contributed by atoms with Crippen molar-refractivity contribution in [2.75, 3.05) is 20.8 Å². The van der Waals surface area contributed by atoms with E-state index in [9.17, 15) is 0 Å². The second-order valence-electron chi connectivity index (χ2n) is 6.73. The van der Waals surface area contributed by atoms with Gasteiger partial charge in [0.05, 0.1) is 12.7 Å². The summed E-state index contributed by atoms with van der Waals surface area (Å²) in [6.45, 7) is 5.38. The van der Waals surface area contributed by atoms with Crippen molar-refractivity contribution in [3.8, 4) is 0 Å². The van der Waals surface area contributed by atoms with Crippen molar-refractivity contribution in [2.24, 2.45) is 5.92 Å². The van der Waals surface area contributed by atoms with Gasteiger partial charge in [-0.1, -0.05) is 69.9 Å². The van der Waals surface area contributed by atoms with E-state index in [4.69, 9.17) is 9.47 Å². The molecule has 0 bridgehead atoms. The molecule has 3 unspecified atom stereocenters. The molecule has 0 radical (unpaired) electrons. The third-order valence-corrected chi connectivity index (χ3v) is 4.89. The number of hydrogen-bond acceptors (Lipinski definition) is 2. The van der Waals surface area contributed by atoms with Gasteiger partial charge < -0.3 is 9.47 Å². The Morgan fingerprint density at radius 1 is 0.913 bits per heavy atom.